The van der Waals surface area contributed by atoms with Crippen molar-refractivity contribution < 1.29 is 0 Å². The number of fused-ring (bicyclic) bond motifs is 7. The number of para-hydroxylation sites is 1. The predicted octanol–water partition coefficient (Wildman–Crippen LogP) is 12.8. The Morgan fingerprint density at radius 2 is 1.04 bits per heavy atom. The minimum absolute atomic E-state index is 0.990. The summed E-state index contributed by atoms with van der Waals surface area (Å²) in [6, 6.07) is 53.1. The predicted molar refractivity (Wildman–Crippen MR) is 198 cm³/mol. The molecule has 0 aliphatic rings. The minimum Gasteiger partial charge on any atom is -0.309 e. The van der Waals surface area contributed by atoms with Gasteiger partial charge in [0, 0.05) is 16.1 Å². The maximum atomic E-state index is 2.41. The summed E-state index contributed by atoms with van der Waals surface area (Å²) in [5, 5.41) is 9.17. The van der Waals surface area contributed by atoms with Crippen LogP contribution >= 0.6 is 11.3 Å². The van der Waals surface area contributed by atoms with E-state index in [-0.39, 0.29) is 0 Å². The van der Waals surface area contributed by atoms with Crippen LogP contribution in [0.25, 0.3) is 59.2 Å². The van der Waals surface area contributed by atoms with Crippen LogP contribution < -0.4 is 4.90 Å². The van der Waals surface area contributed by atoms with Crippen molar-refractivity contribution in [3.63, 3.8) is 0 Å². The van der Waals surface area contributed by atoms with E-state index in [1.807, 2.05) is 11.3 Å². The van der Waals surface area contributed by atoms with E-state index in [9.17, 15) is 0 Å². The standard InChI is InChI=1S/C43H33NS/c1-3-33-39-20-12-13-21-42(39)45-43(33)41(4-2)44(31-14-6-5-7-15-31)32-25-22-29(23-26-32)30-24-27-38-36-18-9-8-16-34(36)35-17-10-11-19-37(35)40(38)28-30/h4-28H,3H2,1-2H3/b41-4+. The zero-order valence-corrected chi connectivity index (χ0v) is 26.3. The summed E-state index contributed by atoms with van der Waals surface area (Å²) >= 11 is 1.89. The molecule has 0 N–H and O–H groups in total. The third-order valence-electron chi connectivity index (χ3n) is 9.02. The van der Waals surface area contributed by atoms with E-state index in [1.54, 1.807) is 0 Å². The number of nitrogens with zero attached hydrogens (tertiary/aromatic N) is 1. The fourth-order valence-corrected chi connectivity index (χ4v) is 8.27. The molecule has 0 radical (unpaired) electrons. The molecule has 0 amide bonds. The van der Waals surface area contributed by atoms with Crippen molar-refractivity contribution in [2.75, 3.05) is 4.90 Å². The van der Waals surface area contributed by atoms with Crippen LogP contribution in [0.4, 0.5) is 11.4 Å². The largest absolute Gasteiger partial charge is 0.309 e. The molecular weight excluding hydrogens is 563 g/mol. The van der Waals surface area contributed by atoms with Gasteiger partial charge in [0.05, 0.1) is 10.6 Å². The monoisotopic (exact) mass is 595 g/mol. The van der Waals surface area contributed by atoms with Gasteiger partial charge in [0.2, 0.25) is 0 Å². The van der Waals surface area contributed by atoms with Crippen molar-refractivity contribution in [1.82, 2.24) is 0 Å². The molecule has 1 aromatic heterocycles. The van der Waals surface area contributed by atoms with E-state index in [1.165, 1.54) is 69.7 Å². The lowest BCUT2D eigenvalue weighted by molar-refractivity contribution is 1.15. The Morgan fingerprint density at radius 3 is 1.67 bits per heavy atom. The molecular formula is C43H33NS. The average molecular weight is 596 g/mol. The van der Waals surface area contributed by atoms with Gasteiger partial charge in [-0.2, -0.15) is 0 Å². The zero-order chi connectivity index (χ0) is 30.3. The second-order valence-corrected chi connectivity index (χ2v) is 12.6. The number of hydrogen-bond acceptors (Lipinski definition) is 2. The smallest absolute Gasteiger partial charge is 0.0594 e. The molecule has 0 spiro atoms. The molecule has 0 unspecified atom stereocenters. The quantitative estimate of drug-likeness (QED) is 0.173. The minimum atomic E-state index is 0.990. The first-order valence-electron chi connectivity index (χ1n) is 15.7. The number of benzene rings is 7. The Bertz CT molecular complexity index is 2330. The van der Waals surface area contributed by atoms with Gasteiger partial charge in [0.25, 0.3) is 0 Å². The summed E-state index contributed by atoms with van der Waals surface area (Å²) in [5.41, 5.74) is 7.37. The number of thiophene rings is 1. The van der Waals surface area contributed by atoms with Gasteiger partial charge in [-0.15, -0.1) is 11.3 Å². The first kappa shape index (κ1) is 27.4. The van der Waals surface area contributed by atoms with Gasteiger partial charge in [-0.05, 0) is 104 Å². The molecule has 0 aliphatic carbocycles. The van der Waals surface area contributed by atoms with Crippen LogP contribution in [0.5, 0.6) is 0 Å². The molecule has 8 aromatic rings. The molecule has 0 bridgehead atoms. The molecule has 0 aliphatic heterocycles. The average Bonchev–Trinajstić information content (AvgIpc) is 3.49. The zero-order valence-electron chi connectivity index (χ0n) is 25.5. The molecule has 0 saturated carbocycles. The van der Waals surface area contributed by atoms with Crippen molar-refractivity contribution in [2.24, 2.45) is 0 Å². The third-order valence-corrected chi connectivity index (χ3v) is 10.3. The summed E-state index contributed by atoms with van der Waals surface area (Å²) in [6.07, 6.45) is 3.26. The Balaban J connectivity index is 1.25. The highest BCUT2D eigenvalue weighted by atomic mass is 32.1. The fourth-order valence-electron chi connectivity index (χ4n) is 6.91. The van der Waals surface area contributed by atoms with Gasteiger partial charge in [-0.1, -0.05) is 122 Å². The molecule has 1 heterocycles. The molecule has 0 saturated heterocycles. The highest BCUT2D eigenvalue weighted by Gasteiger charge is 2.21. The van der Waals surface area contributed by atoms with Crippen LogP contribution in [-0.4, -0.2) is 0 Å². The molecule has 0 atom stereocenters. The van der Waals surface area contributed by atoms with Gasteiger partial charge < -0.3 is 4.90 Å². The van der Waals surface area contributed by atoms with Crippen molar-refractivity contribution >= 4 is 70.8 Å². The highest BCUT2D eigenvalue weighted by Crippen LogP contribution is 2.43. The summed E-state index contributed by atoms with van der Waals surface area (Å²) in [6.45, 7) is 4.43. The summed E-state index contributed by atoms with van der Waals surface area (Å²) in [7, 11) is 0. The van der Waals surface area contributed by atoms with Crippen LogP contribution in [0.3, 0.4) is 0 Å². The lowest BCUT2D eigenvalue weighted by atomic mass is 9.92. The number of allylic oxidation sites excluding steroid dienone is 1. The van der Waals surface area contributed by atoms with Crippen molar-refractivity contribution in [3.8, 4) is 11.1 Å². The van der Waals surface area contributed by atoms with E-state index < -0.39 is 0 Å². The molecule has 1 nitrogen and oxygen atoms in total. The van der Waals surface area contributed by atoms with Gasteiger partial charge in [-0.3, -0.25) is 0 Å². The van der Waals surface area contributed by atoms with Gasteiger partial charge >= 0.3 is 0 Å². The first-order chi connectivity index (χ1) is 22.2. The van der Waals surface area contributed by atoms with E-state index in [2.05, 4.69) is 170 Å². The summed E-state index contributed by atoms with van der Waals surface area (Å²) in [5.74, 6) is 0. The van der Waals surface area contributed by atoms with E-state index in [0.29, 0.717) is 0 Å². The lowest BCUT2D eigenvalue weighted by Gasteiger charge is -2.28. The molecule has 7 aromatic carbocycles. The normalized spacial score (nSPS) is 12.0. The lowest BCUT2D eigenvalue weighted by Crippen LogP contribution is -2.15. The third kappa shape index (κ3) is 4.61. The molecule has 45 heavy (non-hydrogen) atoms. The van der Waals surface area contributed by atoms with Crippen molar-refractivity contribution in [2.45, 2.75) is 20.3 Å². The van der Waals surface area contributed by atoms with Gasteiger partial charge in [-0.25, -0.2) is 0 Å². The highest BCUT2D eigenvalue weighted by molar-refractivity contribution is 7.20. The van der Waals surface area contributed by atoms with Gasteiger partial charge in [0.15, 0.2) is 0 Å². The summed E-state index contributed by atoms with van der Waals surface area (Å²) in [4.78, 5) is 3.75. The van der Waals surface area contributed by atoms with Crippen LogP contribution in [0, 0.1) is 0 Å². The number of rotatable bonds is 6. The summed E-state index contributed by atoms with van der Waals surface area (Å²) < 4.78 is 1.34. The Kier molecular flexibility index (Phi) is 6.93. The molecule has 8 rings (SSSR count). The maximum absolute atomic E-state index is 2.41. The van der Waals surface area contributed by atoms with Crippen LogP contribution in [0.2, 0.25) is 0 Å². The van der Waals surface area contributed by atoms with Crippen LogP contribution in [-0.2, 0) is 6.42 Å². The Morgan fingerprint density at radius 1 is 0.533 bits per heavy atom. The Labute approximate surface area is 268 Å². The maximum Gasteiger partial charge on any atom is 0.0594 e. The Hall–Kier alpha value is -5.18. The molecule has 216 valence electrons. The van der Waals surface area contributed by atoms with E-state index in [4.69, 9.17) is 0 Å². The van der Waals surface area contributed by atoms with Crippen LogP contribution in [0.1, 0.15) is 24.3 Å². The number of aryl methyl sites for hydroxylation is 1. The van der Waals surface area contributed by atoms with Crippen molar-refractivity contribution in [1.29, 1.82) is 0 Å². The van der Waals surface area contributed by atoms with Crippen molar-refractivity contribution in [3.05, 3.63) is 162 Å². The fraction of sp³-hybridized carbons (Fsp3) is 0.0698. The number of hydrogen-bond donors (Lipinski definition) is 0. The van der Waals surface area contributed by atoms with Gasteiger partial charge in [0.1, 0.15) is 0 Å². The van der Waals surface area contributed by atoms with E-state index >= 15 is 0 Å². The number of anilines is 2. The van der Waals surface area contributed by atoms with Crippen LogP contribution in [0.15, 0.2) is 152 Å². The second-order valence-electron chi connectivity index (χ2n) is 11.5. The first-order valence-corrected chi connectivity index (χ1v) is 16.5. The molecule has 0 fully saturated rings. The SMILES string of the molecule is C/C=C(\c1sc2ccccc2c1CC)N(c1ccccc1)c1ccc(-c2ccc3c4ccccc4c4ccccc4c3c2)cc1. The molecule has 2 heteroatoms. The second kappa shape index (κ2) is 11.4. The van der Waals surface area contributed by atoms with E-state index in [0.717, 1.165) is 17.8 Å². The topological polar surface area (TPSA) is 3.24 Å².